The molecule has 1 saturated carbocycles. The summed E-state index contributed by atoms with van der Waals surface area (Å²) in [5.74, 6) is 1.00. The third kappa shape index (κ3) is 1.87. The molecule has 4 nitrogen and oxygen atoms in total. The molecule has 1 atom stereocenters. The van der Waals surface area contributed by atoms with E-state index in [4.69, 9.17) is 0 Å². The lowest BCUT2D eigenvalue weighted by Gasteiger charge is -2.16. The quantitative estimate of drug-likeness (QED) is 0.919. The van der Waals surface area contributed by atoms with E-state index in [1.54, 1.807) is 17.7 Å². The molecule has 1 N–H and O–H groups in total. The summed E-state index contributed by atoms with van der Waals surface area (Å²) in [5.41, 5.74) is 0. The number of hydrogen-bond acceptors (Lipinski definition) is 5. The highest BCUT2D eigenvalue weighted by molar-refractivity contribution is 7.16. The summed E-state index contributed by atoms with van der Waals surface area (Å²) < 4.78 is 0. The lowest BCUT2D eigenvalue weighted by molar-refractivity contribution is 0.326. The molecule has 0 bridgehead atoms. The van der Waals surface area contributed by atoms with Gasteiger partial charge in [0.25, 0.3) is 0 Å². The zero-order valence-corrected chi connectivity index (χ0v) is 11.0. The summed E-state index contributed by atoms with van der Waals surface area (Å²) in [6.07, 6.45) is 5.69. The maximum atomic E-state index is 4.39. The van der Waals surface area contributed by atoms with Gasteiger partial charge in [0.2, 0.25) is 0 Å². The van der Waals surface area contributed by atoms with Crippen molar-refractivity contribution in [3.8, 4) is 0 Å². The first kappa shape index (κ1) is 10.7. The van der Waals surface area contributed by atoms with Gasteiger partial charge in [0.1, 0.15) is 17.0 Å². The van der Waals surface area contributed by atoms with Crippen molar-refractivity contribution >= 4 is 27.4 Å². The molecule has 0 spiro atoms. The van der Waals surface area contributed by atoms with E-state index < -0.39 is 0 Å². The standard InChI is InChI=1S/C13H16N4S/c1-2-10(1)17-5-3-9(7-17)16-12-11-4-6-18-13(11)15-8-14-12/h4,6,8-10H,1-3,5,7H2,(H,14,15,16). The SMILES string of the molecule is c1nc(NC2CCN(C3CC3)C2)c2ccsc2n1. The number of nitrogens with zero attached hydrogens (tertiary/aromatic N) is 3. The molecule has 4 rings (SSSR count). The van der Waals surface area contributed by atoms with Crippen LogP contribution in [0.15, 0.2) is 17.8 Å². The van der Waals surface area contributed by atoms with Crippen LogP contribution in [0.1, 0.15) is 19.3 Å². The molecule has 0 radical (unpaired) electrons. The topological polar surface area (TPSA) is 41.1 Å². The molecule has 1 unspecified atom stereocenters. The minimum Gasteiger partial charge on any atom is -0.365 e. The third-order valence-corrected chi connectivity index (χ3v) is 4.71. The highest BCUT2D eigenvalue weighted by Crippen LogP contribution is 2.31. The van der Waals surface area contributed by atoms with Gasteiger partial charge >= 0.3 is 0 Å². The molecule has 2 aliphatic rings. The Balaban J connectivity index is 1.52. The average molecular weight is 260 g/mol. The monoisotopic (exact) mass is 260 g/mol. The van der Waals surface area contributed by atoms with Crippen LogP contribution < -0.4 is 5.32 Å². The number of anilines is 1. The number of hydrogen-bond donors (Lipinski definition) is 1. The van der Waals surface area contributed by atoms with Crippen molar-refractivity contribution in [2.45, 2.75) is 31.3 Å². The van der Waals surface area contributed by atoms with E-state index in [9.17, 15) is 0 Å². The molecule has 1 aliphatic heterocycles. The van der Waals surface area contributed by atoms with Crippen LogP contribution in [-0.4, -0.2) is 40.0 Å². The predicted molar refractivity (Wildman–Crippen MR) is 74.0 cm³/mol. The second kappa shape index (κ2) is 4.17. The molecule has 5 heteroatoms. The molecule has 18 heavy (non-hydrogen) atoms. The summed E-state index contributed by atoms with van der Waals surface area (Å²) >= 11 is 1.67. The lowest BCUT2D eigenvalue weighted by Crippen LogP contribution is -2.28. The highest BCUT2D eigenvalue weighted by atomic mass is 32.1. The van der Waals surface area contributed by atoms with Crippen LogP contribution in [0.5, 0.6) is 0 Å². The van der Waals surface area contributed by atoms with Crippen molar-refractivity contribution in [2.24, 2.45) is 0 Å². The van der Waals surface area contributed by atoms with Crippen LogP contribution in [0.2, 0.25) is 0 Å². The first-order valence-electron chi connectivity index (χ1n) is 6.59. The third-order valence-electron chi connectivity index (χ3n) is 3.89. The predicted octanol–water partition coefficient (Wildman–Crippen LogP) is 2.34. The van der Waals surface area contributed by atoms with Crippen LogP contribution in [-0.2, 0) is 0 Å². The Bertz CT molecular complexity index is 563. The lowest BCUT2D eigenvalue weighted by atomic mass is 10.2. The minimum atomic E-state index is 0.545. The average Bonchev–Trinajstić information content (AvgIpc) is 2.94. The van der Waals surface area contributed by atoms with Crippen molar-refractivity contribution in [3.63, 3.8) is 0 Å². The van der Waals surface area contributed by atoms with Crippen molar-refractivity contribution in [2.75, 3.05) is 18.4 Å². The Morgan fingerprint density at radius 2 is 2.22 bits per heavy atom. The number of thiophene rings is 1. The van der Waals surface area contributed by atoms with E-state index in [2.05, 4.69) is 31.6 Å². The molecular formula is C13H16N4S. The maximum Gasteiger partial charge on any atom is 0.138 e. The Labute approximate surface area is 110 Å². The maximum absolute atomic E-state index is 4.39. The Hall–Kier alpha value is -1.20. The van der Waals surface area contributed by atoms with Gasteiger partial charge in [-0.3, -0.25) is 4.90 Å². The second-order valence-electron chi connectivity index (χ2n) is 5.22. The zero-order valence-electron chi connectivity index (χ0n) is 10.2. The van der Waals surface area contributed by atoms with Gasteiger partial charge in [0.15, 0.2) is 0 Å². The van der Waals surface area contributed by atoms with Crippen LogP contribution in [0.4, 0.5) is 5.82 Å². The van der Waals surface area contributed by atoms with Crippen LogP contribution in [0, 0.1) is 0 Å². The fourth-order valence-electron chi connectivity index (χ4n) is 2.77. The molecule has 1 saturated heterocycles. The van der Waals surface area contributed by atoms with E-state index >= 15 is 0 Å². The van der Waals surface area contributed by atoms with E-state index in [1.807, 2.05) is 0 Å². The minimum absolute atomic E-state index is 0.545. The number of nitrogens with one attached hydrogen (secondary N) is 1. The van der Waals surface area contributed by atoms with Crippen molar-refractivity contribution in [3.05, 3.63) is 17.8 Å². The van der Waals surface area contributed by atoms with E-state index in [1.165, 1.54) is 32.4 Å². The first-order valence-corrected chi connectivity index (χ1v) is 7.47. The van der Waals surface area contributed by atoms with Crippen LogP contribution in [0.25, 0.3) is 10.2 Å². The van der Waals surface area contributed by atoms with Gasteiger partial charge in [-0.1, -0.05) is 0 Å². The summed E-state index contributed by atoms with van der Waals surface area (Å²) in [6, 6.07) is 3.53. The number of aromatic nitrogens is 2. The Morgan fingerprint density at radius 1 is 1.28 bits per heavy atom. The van der Waals surface area contributed by atoms with E-state index in [0.29, 0.717) is 6.04 Å². The number of likely N-dealkylation sites (tertiary alicyclic amines) is 1. The van der Waals surface area contributed by atoms with Gasteiger partial charge in [-0.2, -0.15) is 0 Å². The molecular weight excluding hydrogens is 244 g/mol. The van der Waals surface area contributed by atoms with Gasteiger partial charge < -0.3 is 5.32 Å². The summed E-state index contributed by atoms with van der Waals surface area (Å²) in [7, 11) is 0. The summed E-state index contributed by atoms with van der Waals surface area (Å²) in [4.78, 5) is 12.4. The van der Waals surface area contributed by atoms with Crippen LogP contribution in [0.3, 0.4) is 0 Å². The highest BCUT2D eigenvalue weighted by Gasteiger charge is 2.34. The summed E-state index contributed by atoms with van der Waals surface area (Å²) in [5, 5.41) is 6.84. The van der Waals surface area contributed by atoms with Crippen molar-refractivity contribution in [1.29, 1.82) is 0 Å². The fourth-order valence-corrected chi connectivity index (χ4v) is 3.51. The largest absolute Gasteiger partial charge is 0.365 e. The molecule has 0 aromatic carbocycles. The Morgan fingerprint density at radius 3 is 3.11 bits per heavy atom. The molecule has 94 valence electrons. The smallest absolute Gasteiger partial charge is 0.138 e. The molecule has 1 aliphatic carbocycles. The number of fused-ring (bicyclic) bond motifs is 1. The Kier molecular flexibility index (Phi) is 2.48. The molecule has 2 fully saturated rings. The molecule has 3 heterocycles. The normalized spacial score (nSPS) is 24.8. The molecule has 0 amide bonds. The molecule has 2 aromatic heterocycles. The fraction of sp³-hybridized carbons (Fsp3) is 0.538. The van der Waals surface area contributed by atoms with Gasteiger partial charge in [0, 0.05) is 25.2 Å². The van der Waals surface area contributed by atoms with Gasteiger partial charge in [-0.15, -0.1) is 11.3 Å². The van der Waals surface area contributed by atoms with Crippen molar-refractivity contribution in [1.82, 2.24) is 14.9 Å². The molecule has 2 aromatic rings. The van der Waals surface area contributed by atoms with E-state index in [-0.39, 0.29) is 0 Å². The van der Waals surface area contributed by atoms with Gasteiger partial charge in [0.05, 0.1) is 5.39 Å². The summed E-state index contributed by atoms with van der Waals surface area (Å²) in [6.45, 7) is 2.40. The van der Waals surface area contributed by atoms with Gasteiger partial charge in [-0.05, 0) is 30.7 Å². The van der Waals surface area contributed by atoms with E-state index in [0.717, 1.165) is 22.1 Å². The van der Waals surface area contributed by atoms with Gasteiger partial charge in [-0.25, -0.2) is 9.97 Å². The zero-order chi connectivity index (χ0) is 11.9. The van der Waals surface area contributed by atoms with Crippen LogP contribution >= 0.6 is 11.3 Å². The second-order valence-corrected chi connectivity index (χ2v) is 6.11. The number of rotatable bonds is 3. The first-order chi connectivity index (χ1) is 8.90. The van der Waals surface area contributed by atoms with Crippen molar-refractivity contribution < 1.29 is 0 Å².